The van der Waals surface area contributed by atoms with E-state index in [1.165, 1.54) is 66.1 Å². The van der Waals surface area contributed by atoms with Gasteiger partial charge in [0.25, 0.3) is 0 Å². The van der Waals surface area contributed by atoms with E-state index in [2.05, 4.69) is 157 Å². The molecule has 68 heavy (non-hydrogen) atoms. The minimum Gasteiger partial charge on any atom is -0.238 e. The molecule has 0 bridgehead atoms. The van der Waals surface area contributed by atoms with Gasteiger partial charge < -0.3 is 0 Å². The van der Waals surface area contributed by atoms with Crippen molar-refractivity contribution in [2.45, 2.75) is 0 Å². The lowest BCUT2D eigenvalue weighted by Gasteiger charge is -2.16. The summed E-state index contributed by atoms with van der Waals surface area (Å²) in [5.74, 6) is 1.93. The average molecular weight is 863 g/mol. The second-order valence-corrected chi connectivity index (χ2v) is 17.4. The van der Waals surface area contributed by atoms with Crippen LogP contribution in [0.2, 0.25) is 0 Å². The van der Waals surface area contributed by atoms with E-state index >= 15 is 0 Å². The zero-order chi connectivity index (χ0) is 45.1. The number of hydrogen-bond acceptors (Lipinski definition) is 3. The summed E-state index contributed by atoms with van der Waals surface area (Å²) >= 11 is 0. The fraction of sp³-hybridized carbons (Fsp3) is 0. The van der Waals surface area contributed by atoms with Gasteiger partial charge in [-0.1, -0.05) is 218 Å². The molecule has 0 radical (unpaired) electrons. The molecule has 1 aliphatic carbocycles. The van der Waals surface area contributed by atoms with Crippen molar-refractivity contribution in [3.63, 3.8) is 0 Å². The van der Waals surface area contributed by atoms with Crippen molar-refractivity contribution in [2.75, 3.05) is 0 Å². The van der Waals surface area contributed by atoms with E-state index in [0.717, 1.165) is 49.7 Å². The van der Waals surface area contributed by atoms with Crippen molar-refractivity contribution < 1.29 is 0 Å². The van der Waals surface area contributed by atoms with Gasteiger partial charge >= 0.3 is 0 Å². The van der Waals surface area contributed by atoms with Gasteiger partial charge in [-0.2, -0.15) is 0 Å². The van der Waals surface area contributed by atoms with Crippen LogP contribution < -0.4 is 0 Å². The molecule has 314 valence electrons. The molecule has 11 aromatic carbocycles. The van der Waals surface area contributed by atoms with E-state index in [9.17, 15) is 0 Å². The zero-order valence-corrected chi connectivity index (χ0v) is 36.7. The maximum atomic E-state index is 7.71. The SMILES string of the molecule is [C-]#[N+]c1cccc2c(-c3ccc4cc(-c5ccc6c7c(ccc(-c8ccc(-c9ccc(-c%10nc(-c%11ccccc%11)nc(-c%11ccccc%11)n%10)cc9)cc8)c57)-c5ccccc5-6)ccc4c3)cccc12. The molecule has 0 amide bonds. The van der Waals surface area contributed by atoms with E-state index in [-0.39, 0.29) is 0 Å². The second-order valence-electron chi connectivity index (χ2n) is 17.4. The first-order valence-corrected chi connectivity index (χ1v) is 22.9. The number of fused-ring (bicyclic) bond motifs is 5. The van der Waals surface area contributed by atoms with Gasteiger partial charge in [-0.3, -0.25) is 0 Å². The topological polar surface area (TPSA) is 43.0 Å². The van der Waals surface area contributed by atoms with E-state index in [0.29, 0.717) is 23.2 Å². The Hall–Kier alpha value is -9.30. The van der Waals surface area contributed by atoms with Crippen LogP contribution in [0, 0.1) is 6.57 Å². The summed E-state index contributed by atoms with van der Waals surface area (Å²) < 4.78 is 0. The fourth-order valence-electron chi connectivity index (χ4n) is 10.2. The molecular weight excluding hydrogens is 825 g/mol. The lowest BCUT2D eigenvalue weighted by molar-refractivity contribution is 1.07. The Bertz CT molecular complexity index is 3910. The van der Waals surface area contributed by atoms with Crippen LogP contribution in [0.5, 0.6) is 0 Å². The fourth-order valence-corrected chi connectivity index (χ4v) is 10.2. The van der Waals surface area contributed by atoms with Crippen LogP contribution in [0.25, 0.3) is 138 Å². The summed E-state index contributed by atoms with van der Waals surface area (Å²) in [7, 11) is 0. The van der Waals surface area contributed by atoms with Gasteiger partial charge in [0.2, 0.25) is 0 Å². The maximum absolute atomic E-state index is 7.71. The van der Waals surface area contributed by atoms with Gasteiger partial charge in [0.05, 0.1) is 6.57 Å². The minimum absolute atomic E-state index is 0.637. The van der Waals surface area contributed by atoms with E-state index in [1.54, 1.807) is 0 Å². The van der Waals surface area contributed by atoms with Gasteiger partial charge in [0.1, 0.15) is 0 Å². The van der Waals surface area contributed by atoms with Crippen LogP contribution >= 0.6 is 0 Å². The maximum Gasteiger partial charge on any atom is 0.194 e. The molecule has 0 aliphatic heterocycles. The van der Waals surface area contributed by atoms with E-state index in [4.69, 9.17) is 21.5 Å². The number of benzene rings is 11. The molecule has 0 saturated heterocycles. The zero-order valence-electron chi connectivity index (χ0n) is 36.7. The third-order valence-electron chi connectivity index (χ3n) is 13.5. The lowest BCUT2D eigenvalue weighted by Crippen LogP contribution is -2.00. The summed E-state index contributed by atoms with van der Waals surface area (Å²) in [6.45, 7) is 7.71. The van der Waals surface area contributed by atoms with Crippen molar-refractivity contribution in [1.82, 2.24) is 15.0 Å². The molecule has 0 atom stereocenters. The molecular formula is C64H38N4. The van der Waals surface area contributed by atoms with Gasteiger partial charge in [0.15, 0.2) is 23.2 Å². The van der Waals surface area contributed by atoms with Crippen LogP contribution in [0.1, 0.15) is 0 Å². The minimum atomic E-state index is 0.637. The summed E-state index contributed by atoms with van der Waals surface area (Å²) in [6, 6.07) is 81.6. The van der Waals surface area contributed by atoms with Gasteiger partial charge in [-0.25, -0.2) is 19.8 Å². The molecule has 12 aromatic rings. The highest BCUT2D eigenvalue weighted by Gasteiger charge is 2.25. The second kappa shape index (κ2) is 16.0. The van der Waals surface area contributed by atoms with E-state index < -0.39 is 0 Å². The first kappa shape index (κ1) is 39.1. The van der Waals surface area contributed by atoms with Crippen molar-refractivity contribution in [3.05, 3.63) is 242 Å². The van der Waals surface area contributed by atoms with Gasteiger partial charge in [-0.15, -0.1) is 0 Å². The molecule has 1 heterocycles. The summed E-state index contributed by atoms with van der Waals surface area (Å²) in [6.07, 6.45) is 0. The van der Waals surface area contributed by atoms with Crippen LogP contribution in [0.15, 0.2) is 231 Å². The Morgan fingerprint density at radius 1 is 0.265 bits per heavy atom. The Morgan fingerprint density at radius 2 is 0.662 bits per heavy atom. The Labute approximate surface area is 394 Å². The normalized spacial score (nSPS) is 11.5. The van der Waals surface area contributed by atoms with Crippen LogP contribution in [0.3, 0.4) is 0 Å². The first-order valence-electron chi connectivity index (χ1n) is 22.9. The van der Waals surface area contributed by atoms with Crippen LogP contribution in [0.4, 0.5) is 5.69 Å². The first-order chi connectivity index (χ1) is 33.6. The average Bonchev–Trinajstić information content (AvgIpc) is 3.75. The summed E-state index contributed by atoms with van der Waals surface area (Å²) in [4.78, 5) is 18.5. The van der Waals surface area contributed by atoms with Gasteiger partial charge in [0, 0.05) is 16.7 Å². The molecule has 4 nitrogen and oxygen atoms in total. The molecule has 13 rings (SSSR count). The lowest BCUT2D eigenvalue weighted by atomic mass is 9.87. The summed E-state index contributed by atoms with van der Waals surface area (Å²) in [5, 5.41) is 7.00. The molecule has 0 fully saturated rings. The predicted molar refractivity (Wildman–Crippen MR) is 281 cm³/mol. The number of nitrogens with zero attached hydrogens (tertiary/aromatic N) is 4. The quantitative estimate of drug-likeness (QED) is 0.150. The third-order valence-corrected chi connectivity index (χ3v) is 13.5. The van der Waals surface area contributed by atoms with Crippen molar-refractivity contribution in [2.24, 2.45) is 0 Å². The van der Waals surface area contributed by atoms with Crippen LogP contribution in [-0.4, -0.2) is 15.0 Å². The number of hydrogen-bond donors (Lipinski definition) is 0. The van der Waals surface area contributed by atoms with Crippen molar-refractivity contribution >= 4 is 38.0 Å². The molecule has 4 heteroatoms. The molecule has 0 saturated carbocycles. The molecule has 1 aliphatic rings. The molecule has 0 N–H and O–H groups in total. The number of aromatic nitrogens is 3. The van der Waals surface area contributed by atoms with E-state index in [1.807, 2.05) is 78.9 Å². The highest BCUT2D eigenvalue weighted by atomic mass is 15.0. The molecule has 0 unspecified atom stereocenters. The molecule has 1 aromatic heterocycles. The largest absolute Gasteiger partial charge is 0.238 e. The standard InChI is InChI=1S/C64H38N4/c1-65-59-21-11-19-53-50(18-10-20-56(53)59)48-32-30-47-39-49(33-31-46(47)38-48)52-35-37-58-55-17-9-8-16-54(55)57-36-34-51(60(52)61(57)58)42-26-22-40(23-27-42)41-24-28-45(29-25-41)64-67-62(43-12-4-2-5-13-43)66-63(68-64)44-14-6-3-7-15-44/h2-39H. The predicted octanol–water partition coefficient (Wildman–Crippen LogP) is 17.2. The molecule has 0 spiro atoms. The Morgan fingerprint density at radius 3 is 1.22 bits per heavy atom. The number of rotatable bonds is 7. The highest BCUT2D eigenvalue weighted by molar-refractivity contribution is 6.23. The highest BCUT2D eigenvalue weighted by Crippen LogP contribution is 2.52. The Kier molecular flexibility index (Phi) is 9.20. The Balaban J connectivity index is 0.871. The van der Waals surface area contributed by atoms with Crippen molar-refractivity contribution in [1.29, 1.82) is 0 Å². The summed E-state index contributed by atoms with van der Waals surface area (Å²) in [5.41, 5.74) is 17.9. The van der Waals surface area contributed by atoms with Crippen molar-refractivity contribution in [3.8, 4) is 101 Å². The smallest absolute Gasteiger partial charge is 0.194 e. The third kappa shape index (κ3) is 6.56. The van der Waals surface area contributed by atoms with Gasteiger partial charge in [-0.05, 0) is 111 Å². The monoisotopic (exact) mass is 862 g/mol. The van der Waals surface area contributed by atoms with Crippen LogP contribution in [-0.2, 0) is 0 Å².